The highest BCUT2D eigenvalue weighted by Crippen LogP contribution is 2.11. The zero-order valence-electron chi connectivity index (χ0n) is 13.5. The Kier molecular flexibility index (Phi) is 7.80. The second kappa shape index (κ2) is 9.10. The number of hydrogen-bond acceptors (Lipinski definition) is 4. The molecule has 0 radical (unpaired) electrons. The molecule has 5 heteroatoms. The molecule has 0 saturated heterocycles. The Balaban J connectivity index is 2.49. The fourth-order valence-corrected chi connectivity index (χ4v) is 2.29. The minimum absolute atomic E-state index is 0.288. The van der Waals surface area contributed by atoms with Gasteiger partial charge >= 0.3 is 0 Å². The van der Waals surface area contributed by atoms with Crippen LogP contribution in [0.1, 0.15) is 52.3 Å². The highest BCUT2D eigenvalue weighted by molar-refractivity contribution is 5.02. The quantitative estimate of drug-likeness (QED) is 0.508. The van der Waals surface area contributed by atoms with Gasteiger partial charge in [-0.2, -0.15) is 5.10 Å². The van der Waals surface area contributed by atoms with E-state index < -0.39 is 0 Å². The summed E-state index contributed by atoms with van der Waals surface area (Å²) in [6.07, 6.45) is 5.11. The van der Waals surface area contributed by atoms with Gasteiger partial charge in [0.25, 0.3) is 0 Å². The Morgan fingerprint density at radius 3 is 2.60 bits per heavy atom. The van der Waals surface area contributed by atoms with Crippen LogP contribution in [0.15, 0.2) is 12.3 Å². The number of nitrogens with two attached hydrogens (primary N) is 1. The van der Waals surface area contributed by atoms with Crippen LogP contribution < -0.4 is 11.3 Å². The van der Waals surface area contributed by atoms with E-state index in [2.05, 4.69) is 55.4 Å². The molecule has 2 unspecified atom stereocenters. The van der Waals surface area contributed by atoms with Crippen molar-refractivity contribution in [2.24, 2.45) is 5.84 Å². The fraction of sp³-hybridized carbons (Fsp3) is 0.800. The monoisotopic (exact) mass is 281 g/mol. The van der Waals surface area contributed by atoms with Gasteiger partial charge in [0.2, 0.25) is 0 Å². The lowest BCUT2D eigenvalue weighted by Gasteiger charge is -2.21. The molecule has 1 rings (SSSR count). The van der Waals surface area contributed by atoms with Crippen LogP contribution >= 0.6 is 0 Å². The zero-order chi connectivity index (χ0) is 15.0. The maximum atomic E-state index is 5.68. The molecular formula is C15H31N5. The molecule has 1 aromatic heterocycles. The summed E-state index contributed by atoms with van der Waals surface area (Å²) in [5, 5.41) is 4.64. The van der Waals surface area contributed by atoms with Crippen LogP contribution in [0.2, 0.25) is 0 Å². The number of hydrogen-bond donors (Lipinski definition) is 2. The van der Waals surface area contributed by atoms with E-state index in [-0.39, 0.29) is 6.04 Å². The first-order valence-electron chi connectivity index (χ1n) is 7.87. The number of nitrogens with one attached hydrogen (secondary N) is 1. The van der Waals surface area contributed by atoms with Crippen molar-refractivity contribution in [1.82, 2.24) is 20.1 Å². The predicted octanol–water partition coefficient (Wildman–Crippen LogP) is 1.96. The van der Waals surface area contributed by atoms with Crippen molar-refractivity contribution in [3.63, 3.8) is 0 Å². The highest BCUT2D eigenvalue weighted by Gasteiger charge is 2.12. The summed E-state index contributed by atoms with van der Waals surface area (Å²) < 4.78 is 2.05. The van der Waals surface area contributed by atoms with Gasteiger partial charge in [-0.3, -0.25) is 16.0 Å². The van der Waals surface area contributed by atoms with Gasteiger partial charge in [-0.15, -0.1) is 0 Å². The zero-order valence-corrected chi connectivity index (χ0v) is 13.5. The van der Waals surface area contributed by atoms with E-state index in [0.717, 1.165) is 44.6 Å². The summed E-state index contributed by atoms with van der Waals surface area (Å²) in [7, 11) is 0. The molecule has 0 saturated carbocycles. The van der Waals surface area contributed by atoms with Crippen LogP contribution in [0.3, 0.4) is 0 Å². The average molecular weight is 281 g/mol. The van der Waals surface area contributed by atoms with Crippen molar-refractivity contribution in [3.8, 4) is 0 Å². The van der Waals surface area contributed by atoms with Crippen molar-refractivity contribution in [2.75, 3.05) is 19.6 Å². The molecule has 5 nitrogen and oxygen atoms in total. The molecule has 0 bridgehead atoms. The Hall–Kier alpha value is -0.910. The highest BCUT2D eigenvalue weighted by atomic mass is 15.3. The van der Waals surface area contributed by atoms with Gasteiger partial charge in [0.1, 0.15) is 0 Å². The largest absolute Gasteiger partial charge is 0.304 e. The lowest BCUT2D eigenvalue weighted by molar-refractivity contribution is 0.280. The van der Waals surface area contributed by atoms with Crippen molar-refractivity contribution in [2.45, 2.75) is 59.0 Å². The molecule has 0 spiro atoms. The molecular weight excluding hydrogens is 250 g/mol. The summed E-state index contributed by atoms with van der Waals surface area (Å²) in [4.78, 5) is 2.42. The molecule has 0 aliphatic rings. The first kappa shape index (κ1) is 17.1. The predicted molar refractivity (Wildman–Crippen MR) is 84.4 cm³/mol. The SMILES string of the molecule is CCC(C)n1ccc(CC(CCN(CC)CC)NN)n1. The normalized spacial score (nSPS) is 14.7. The van der Waals surface area contributed by atoms with Gasteiger partial charge in [0.15, 0.2) is 0 Å². The standard InChI is InChI=1S/C15H31N5/c1-5-13(4)20-11-9-15(18-20)12-14(17-16)8-10-19(6-2)7-3/h9,11,13-14,17H,5-8,10,12,16H2,1-4H3. The molecule has 2 atom stereocenters. The second-order valence-corrected chi connectivity index (χ2v) is 5.43. The molecule has 0 amide bonds. The van der Waals surface area contributed by atoms with Gasteiger partial charge in [-0.1, -0.05) is 20.8 Å². The topological polar surface area (TPSA) is 59.1 Å². The van der Waals surface area contributed by atoms with Crippen molar-refractivity contribution >= 4 is 0 Å². The first-order chi connectivity index (χ1) is 9.64. The van der Waals surface area contributed by atoms with Crippen molar-refractivity contribution in [1.29, 1.82) is 0 Å². The van der Waals surface area contributed by atoms with E-state index in [1.807, 2.05) is 4.68 Å². The molecule has 1 aromatic rings. The van der Waals surface area contributed by atoms with Crippen molar-refractivity contribution in [3.05, 3.63) is 18.0 Å². The van der Waals surface area contributed by atoms with E-state index >= 15 is 0 Å². The van der Waals surface area contributed by atoms with E-state index in [4.69, 9.17) is 5.84 Å². The summed E-state index contributed by atoms with van der Waals surface area (Å²) in [6, 6.07) is 2.85. The maximum absolute atomic E-state index is 5.68. The maximum Gasteiger partial charge on any atom is 0.0640 e. The van der Waals surface area contributed by atoms with Gasteiger partial charge < -0.3 is 4.90 Å². The van der Waals surface area contributed by atoms with Crippen molar-refractivity contribution < 1.29 is 0 Å². The van der Waals surface area contributed by atoms with E-state index in [9.17, 15) is 0 Å². The van der Waals surface area contributed by atoms with Gasteiger partial charge in [-0.05, 0) is 45.5 Å². The summed E-state index contributed by atoms with van der Waals surface area (Å²) in [5.41, 5.74) is 4.05. The second-order valence-electron chi connectivity index (χ2n) is 5.43. The number of aromatic nitrogens is 2. The Morgan fingerprint density at radius 2 is 2.05 bits per heavy atom. The smallest absolute Gasteiger partial charge is 0.0640 e. The van der Waals surface area contributed by atoms with Crippen LogP contribution in [-0.2, 0) is 6.42 Å². The van der Waals surface area contributed by atoms with E-state index in [1.165, 1.54) is 0 Å². The molecule has 20 heavy (non-hydrogen) atoms. The fourth-order valence-electron chi connectivity index (χ4n) is 2.29. The Bertz CT molecular complexity index is 359. The molecule has 1 heterocycles. The van der Waals surface area contributed by atoms with E-state index in [1.54, 1.807) is 0 Å². The summed E-state index contributed by atoms with van der Waals surface area (Å²) in [5.74, 6) is 5.68. The average Bonchev–Trinajstić information content (AvgIpc) is 2.94. The Morgan fingerprint density at radius 1 is 1.35 bits per heavy atom. The van der Waals surface area contributed by atoms with Crippen LogP contribution in [0, 0.1) is 0 Å². The molecule has 3 N–H and O–H groups in total. The summed E-state index contributed by atoms with van der Waals surface area (Å²) in [6.45, 7) is 12.0. The third kappa shape index (κ3) is 5.23. The minimum Gasteiger partial charge on any atom is -0.304 e. The van der Waals surface area contributed by atoms with Crippen LogP contribution in [0.4, 0.5) is 0 Å². The molecule has 0 fully saturated rings. The van der Waals surface area contributed by atoms with Crippen LogP contribution in [0.5, 0.6) is 0 Å². The lowest BCUT2D eigenvalue weighted by atomic mass is 10.1. The lowest BCUT2D eigenvalue weighted by Crippen LogP contribution is -2.40. The molecule has 0 aliphatic heterocycles. The number of rotatable bonds is 10. The molecule has 0 aliphatic carbocycles. The van der Waals surface area contributed by atoms with Gasteiger partial charge in [0, 0.05) is 24.7 Å². The third-order valence-corrected chi connectivity index (χ3v) is 4.09. The van der Waals surface area contributed by atoms with Gasteiger partial charge in [0.05, 0.1) is 5.69 Å². The molecule has 0 aromatic carbocycles. The number of hydrazine groups is 1. The number of nitrogens with zero attached hydrogens (tertiary/aromatic N) is 3. The summed E-state index contributed by atoms with van der Waals surface area (Å²) >= 11 is 0. The van der Waals surface area contributed by atoms with E-state index in [0.29, 0.717) is 6.04 Å². The van der Waals surface area contributed by atoms with Crippen LogP contribution in [-0.4, -0.2) is 40.4 Å². The molecule has 116 valence electrons. The first-order valence-corrected chi connectivity index (χ1v) is 7.87. The van der Waals surface area contributed by atoms with Gasteiger partial charge in [-0.25, -0.2) is 0 Å². The third-order valence-electron chi connectivity index (χ3n) is 4.09. The minimum atomic E-state index is 0.288. The Labute approximate surface area is 123 Å². The van der Waals surface area contributed by atoms with Crippen LogP contribution in [0.25, 0.3) is 0 Å².